The minimum atomic E-state index is -5.42. The fourth-order valence-corrected chi connectivity index (χ4v) is 5.68. The van der Waals surface area contributed by atoms with Crippen LogP contribution in [0.5, 0.6) is 0 Å². The molecule has 2 aliphatic heterocycles. The number of benzene rings is 2. The lowest BCUT2D eigenvalue weighted by Gasteiger charge is -2.37. The summed E-state index contributed by atoms with van der Waals surface area (Å²) < 4.78 is 57.0. The summed E-state index contributed by atoms with van der Waals surface area (Å²) >= 11 is 12.2. The molecule has 37 heavy (non-hydrogen) atoms. The molecule has 0 radical (unpaired) electrons. The zero-order valence-corrected chi connectivity index (χ0v) is 21.3. The van der Waals surface area contributed by atoms with Gasteiger partial charge < -0.3 is 10.1 Å². The molecule has 0 bridgehead atoms. The number of carbonyl (C=O) groups is 3. The lowest BCUT2D eigenvalue weighted by molar-refractivity contribution is -0.202. The molecule has 0 aliphatic carbocycles. The van der Waals surface area contributed by atoms with Crippen LogP contribution >= 0.6 is 23.2 Å². The second-order valence-electron chi connectivity index (χ2n) is 10.3. The zero-order chi connectivity index (χ0) is 27.5. The van der Waals surface area contributed by atoms with Crippen molar-refractivity contribution in [3.05, 3.63) is 63.4 Å². The van der Waals surface area contributed by atoms with E-state index in [1.165, 1.54) is 18.2 Å². The van der Waals surface area contributed by atoms with Crippen LogP contribution in [0.2, 0.25) is 10.0 Å². The number of hydrogen-bond acceptors (Lipinski definition) is 5. The molecule has 4 atom stereocenters. The largest absolute Gasteiger partial charge is 0.491 e. The number of anilines is 1. The molecule has 12 heteroatoms. The molecule has 1 unspecified atom stereocenters. The van der Waals surface area contributed by atoms with Gasteiger partial charge in [-0.25, -0.2) is 14.0 Å². The van der Waals surface area contributed by atoms with Crippen LogP contribution in [0.25, 0.3) is 0 Å². The number of rotatable bonds is 3. The molecule has 4 rings (SSSR count). The predicted molar refractivity (Wildman–Crippen MR) is 128 cm³/mol. The molecule has 2 aromatic carbocycles. The molecule has 2 N–H and O–H groups in total. The van der Waals surface area contributed by atoms with Crippen LogP contribution in [0.4, 0.5) is 23.2 Å². The fraction of sp³-hybridized carbons (Fsp3) is 0.400. The number of halogens is 6. The Bertz CT molecular complexity index is 1290. The topological polar surface area (TPSA) is 84.5 Å². The quantitative estimate of drug-likeness (QED) is 0.293. The Balaban J connectivity index is 1.96. The third-order valence-electron chi connectivity index (χ3n) is 6.60. The number of amides is 1. The maximum Gasteiger partial charge on any atom is 0.491 e. The van der Waals surface area contributed by atoms with Crippen LogP contribution in [0.15, 0.2) is 36.4 Å². The lowest BCUT2D eigenvalue weighted by atomic mass is 9.62. The molecule has 2 aliphatic rings. The number of hydrogen-bond donors (Lipinski definition) is 2. The molecule has 6 nitrogen and oxygen atoms in total. The van der Waals surface area contributed by atoms with Crippen molar-refractivity contribution >= 4 is 46.7 Å². The van der Waals surface area contributed by atoms with E-state index in [2.05, 4.69) is 15.4 Å². The van der Waals surface area contributed by atoms with Crippen molar-refractivity contribution in [2.45, 2.75) is 56.8 Å². The van der Waals surface area contributed by atoms with Gasteiger partial charge in [0.15, 0.2) is 0 Å². The summed E-state index contributed by atoms with van der Waals surface area (Å²) in [6.45, 7) is 5.67. The number of ether oxygens (including phenoxy) is 1. The van der Waals surface area contributed by atoms with Crippen molar-refractivity contribution < 1.29 is 36.7 Å². The second kappa shape index (κ2) is 9.25. The van der Waals surface area contributed by atoms with Crippen molar-refractivity contribution in [2.75, 3.05) is 5.32 Å². The van der Waals surface area contributed by atoms with Gasteiger partial charge in [-0.3, -0.25) is 10.1 Å². The Morgan fingerprint density at radius 1 is 1.08 bits per heavy atom. The van der Waals surface area contributed by atoms with E-state index in [0.717, 1.165) is 6.07 Å². The molecule has 1 amide bonds. The Morgan fingerprint density at radius 3 is 2.35 bits per heavy atom. The third-order valence-corrected chi connectivity index (χ3v) is 7.13. The first-order valence-electron chi connectivity index (χ1n) is 11.2. The summed E-state index contributed by atoms with van der Waals surface area (Å²) in [4.78, 5) is 38.5. The fourth-order valence-electron chi connectivity index (χ4n) is 5.32. The number of alkyl halides is 3. The monoisotopic (exact) mass is 560 g/mol. The molecule has 1 fully saturated rings. The van der Waals surface area contributed by atoms with E-state index in [9.17, 15) is 31.9 Å². The van der Waals surface area contributed by atoms with Crippen molar-refractivity contribution in [1.29, 1.82) is 0 Å². The van der Waals surface area contributed by atoms with E-state index in [1.807, 2.05) is 20.8 Å². The van der Waals surface area contributed by atoms with Crippen molar-refractivity contribution in [3.63, 3.8) is 0 Å². The van der Waals surface area contributed by atoms with Gasteiger partial charge in [0, 0.05) is 22.7 Å². The van der Waals surface area contributed by atoms with Crippen LogP contribution in [-0.2, 0) is 24.5 Å². The van der Waals surface area contributed by atoms with Gasteiger partial charge in [-0.2, -0.15) is 13.2 Å². The van der Waals surface area contributed by atoms with Crippen LogP contribution in [0.1, 0.15) is 44.2 Å². The smallest absolute Gasteiger partial charge is 0.385 e. The van der Waals surface area contributed by atoms with Gasteiger partial charge >= 0.3 is 18.1 Å². The lowest BCUT2D eigenvalue weighted by Crippen LogP contribution is -2.49. The second-order valence-corrected chi connectivity index (χ2v) is 11.2. The van der Waals surface area contributed by atoms with Gasteiger partial charge in [-0.15, -0.1) is 0 Å². The standard InChI is InChI=1S/C25H22Cl2F4N2O4/c1-23(2,3)10-17-24(13-6-5-12(26)9-16(13)32-21(24)35)18(11-4-7-15(28)14(27)8-11)19(33-17)20(34)37-22(36)25(29,30)31/h4-9,17-19,33H,10H2,1-3H3,(H,32,35)/t17-,18+,19+,24?/m0/s1. The van der Waals surface area contributed by atoms with E-state index in [-0.39, 0.29) is 17.0 Å². The highest BCUT2D eigenvalue weighted by molar-refractivity contribution is 6.31. The molecule has 2 aromatic rings. The number of nitrogens with one attached hydrogen (secondary N) is 2. The van der Waals surface area contributed by atoms with Gasteiger partial charge in [0.2, 0.25) is 5.91 Å². The molecular formula is C25H22Cl2F4N2O4. The van der Waals surface area contributed by atoms with E-state index >= 15 is 0 Å². The van der Waals surface area contributed by atoms with Crippen LogP contribution in [0, 0.1) is 11.2 Å². The maximum atomic E-state index is 14.1. The average molecular weight is 561 g/mol. The first-order valence-corrected chi connectivity index (χ1v) is 12.0. The first kappa shape index (κ1) is 27.3. The van der Waals surface area contributed by atoms with Gasteiger partial charge in [-0.05, 0) is 47.2 Å². The summed E-state index contributed by atoms with van der Waals surface area (Å²) in [7, 11) is 0. The van der Waals surface area contributed by atoms with Crippen molar-refractivity contribution in [2.24, 2.45) is 5.41 Å². The Kier molecular flexibility index (Phi) is 6.84. The highest BCUT2D eigenvalue weighted by atomic mass is 35.5. The Labute approximate surface area is 219 Å². The van der Waals surface area contributed by atoms with E-state index in [0.29, 0.717) is 16.3 Å². The van der Waals surface area contributed by atoms with E-state index in [4.69, 9.17) is 23.2 Å². The number of esters is 2. The van der Waals surface area contributed by atoms with Crippen molar-refractivity contribution in [1.82, 2.24) is 5.32 Å². The van der Waals surface area contributed by atoms with E-state index in [1.54, 1.807) is 12.1 Å². The predicted octanol–water partition coefficient (Wildman–Crippen LogP) is 5.51. The number of carbonyl (C=O) groups excluding carboxylic acids is 3. The highest BCUT2D eigenvalue weighted by Crippen LogP contribution is 2.57. The third kappa shape index (κ3) is 4.82. The molecule has 0 aromatic heterocycles. The molecule has 1 spiro atoms. The summed E-state index contributed by atoms with van der Waals surface area (Å²) in [5.74, 6) is -6.76. The minimum absolute atomic E-state index is 0.190. The van der Waals surface area contributed by atoms with Crippen LogP contribution in [-0.4, -0.2) is 36.1 Å². The highest BCUT2D eigenvalue weighted by Gasteiger charge is 2.66. The molecule has 0 saturated carbocycles. The van der Waals surface area contributed by atoms with Crippen molar-refractivity contribution in [3.8, 4) is 0 Å². The molecular weight excluding hydrogens is 539 g/mol. The SMILES string of the molecule is CC(C)(C)C[C@@H]1N[C@@H](C(=O)OC(=O)C(F)(F)F)[C@@H](c2ccc(F)c(Cl)c2)C12C(=O)Nc1cc(Cl)ccc12. The number of fused-ring (bicyclic) bond motifs is 2. The minimum Gasteiger partial charge on any atom is -0.385 e. The van der Waals surface area contributed by atoms with Gasteiger partial charge in [0.1, 0.15) is 17.3 Å². The average Bonchev–Trinajstić information content (AvgIpc) is 3.23. The zero-order valence-electron chi connectivity index (χ0n) is 19.8. The summed E-state index contributed by atoms with van der Waals surface area (Å²) in [5.41, 5.74) is -1.01. The van der Waals surface area contributed by atoms with Crippen LogP contribution in [0.3, 0.4) is 0 Å². The molecule has 198 valence electrons. The van der Waals surface area contributed by atoms with Gasteiger partial charge in [-0.1, -0.05) is 56.1 Å². The van der Waals surface area contributed by atoms with Crippen LogP contribution < -0.4 is 10.6 Å². The van der Waals surface area contributed by atoms with E-state index < -0.39 is 58.7 Å². The normalized spacial score (nSPS) is 25.2. The summed E-state index contributed by atoms with van der Waals surface area (Å²) in [6.07, 6.45) is -5.13. The summed E-state index contributed by atoms with van der Waals surface area (Å²) in [5, 5.41) is 5.75. The maximum absolute atomic E-state index is 14.1. The van der Waals surface area contributed by atoms with Gasteiger partial charge in [0.05, 0.1) is 5.02 Å². The molecule has 2 heterocycles. The Hall–Kier alpha value is -2.69. The molecule has 1 saturated heterocycles. The Morgan fingerprint density at radius 2 is 1.76 bits per heavy atom. The first-order chi connectivity index (χ1) is 17.1. The van der Waals surface area contributed by atoms with Gasteiger partial charge in [0.25, 0.3) is 0 Å². The summed E-state index contributed by atoms with van der Waals surface area (Å²) in [6, 6.07) is 5.78.